The fourth-order valence-corrected chi connectivity index (χ4v) is 2.43. The fourth-order valence-electron chi connectivity index (χ4n) is 2.43. The number of nitrogens with one attached hydrogen (secondary N) is 1. The maximum absolute atomic E-state index is 13.4. The maximum atomic E-state index is 13.4. The Morgan fingerprint density at radius 3 is 2.67 bits per heavy atom. The van der Waals surface area contributed by atoms with Crippen LogP contribution in [0.15, 0.2) is 61.4 Å². The van der Waals surface area contributed by atoms with Gasteiger partial charge in [0.15, 0.2) is 11.6 Å². The Morgan fingerprint density at radius 2 is 1.88 bits per heavy atom. The molecule has 0 bridgehead atoms. The molecule has 1 N–H and O–H groups in total. The molecule has 118 valence electrons. The zero-order valence-corrected chi connectivity index (χ0v) is 12.3. The highest BCUT2D eigenvalue weighted by Crippen LogP contribution is 2.26. The van der Waals surface area contributed by atoms with Crippen molar-refractivity contribution >= 4 is 22.4 Å². The molecule has 2 aromatic heterocycles. The van der Waals surface area contributed by atoms with E-state index < -0.39 is 11.6 Å². The van der Waals surface area contributed by atoms with Gasteiger partial charge in [0, 0.05) is 35.2 Å². The molecule has 2 aromatic carbocycles. The molecular formula is C17H11F2N5. The standard InChI is InChI=1S/C17H11F2N5/c18-14-3-1-11(7-15(14)19)23-17-13-8-12(24-6-5-20-10-24)2-4-16(13)21-9-22-17/h1-10H,(H,21,22,23). The molecule has 0 aliphatic heterocycles. The largest absolute Gasteiger partial charge is 0.340 e. The minimum Gasteiger partial charge on any atom is -0.340 e. The Labute approximate surface area is 135 Å². The number of aromatic nitrogens is 4. The molecule has 0 aliphatic carbocycles. The van der Waals surface area contributed by atoms with Crippen LogP contribution in [-0.4, -0.2) is 19.5 Å². The minimum atomic E-state index is -0.919. The first-order valence-corrected chi connectivity index (χ1v) is 7.16. The predicted octanol–water partition coefficient (Wildman–Crippen LogP) is 3.84. The third-order valence-corrected chi connectivity index (χ3v) is 3.60. The van der Waals surface area contributed by atoms with Crippen molar-refractivity contribution < 1.29 is 8.78 Å². The number of benzene rings is 2. The first-order chi connectivity index (χ1) is 11.7. The van der Waals surface area contributed by atoms with Gasteiger partial charge in [-0.2, -0.15) is 0 Å². The molecular weight excluding hydrogens is 312 g/mol. The zero-order chi connectivity index (χ0) is 16.5. The van der Waals surface area contributed by atoms with Crippen LogP contribution in [0.1, 0.15) is 0 Å². The lowest BCUT2D eigenvalue weighted by Gasteiger charge is -2.10. The molecule has 0 atom stereocenters. The average Bonchev–Trinajstić information content (AvgIpc) is 3.13. The second-order valence-electron chi connectivity index (χ2n) is 5.15. The van der Waals surface area contributed by atoms with Crippen molar-refractivity contribution in [3.63, 3.8) is 0 Å². The van der Waals surface area contributed by atoms with Crippen molar-refractivity contribution in [2.45, 2.75) is 0 Å². The van der Waals surface area contributed by atoms with Crippen LogP contribution in [0, 0.1) is 11.6 Å². The molecule has 0 radical (unpaired) electrons. The Morgan fingerprint density at radius 1 is 0.958 bits per heavy atom. The fraction of sp³-hybridized carbons (Fsp3) is 0. The summed E-state index contributed by atoms with van der Waals surface area (Å²) < 4.78 is 28.3. The molecule has 0 saturated carbocycles. The van der Waals surface area contributed by atoms with Crippen LogP contribution < -0.4 is 5.32 Å². The second kappa shape index (κ2) is 5.69. The molecule has 0 saturated heterocycles. The predicted molar refractivity (Wildman–Crippen MR) is 86.3 cm³/mol. The summed E-state index contributed by atoms with van der Waals surface area (Å²) in [6.45, 7) is 0. The summed E-state index contributed by atoms with van der Waals surface area (Å²) in [6.07, 6.45) is 6.62. The Hall–Kier alpha value is -3.35. The molecule has 0 spiro atoms. The first kappa shape index (κ1) is 14.3. The summed E-state index contributed by atoms with van der Waals surface area (Å²) in [4.78, 5) is 12.5. The average molecular weight is 323 g/mol. The lowest BCUT2D eigenvalue weighted by atomic mass is 10.2. The van der Waals surface area contributed by atoms with Gasteiger partial charge in [0.05, 0.1) is 11.8 Å². The number of halogens is 2. The summed E-state index contributed by atoms with van der Waals surface area (Å²) in [7, 11) is 0. The zero-order valence-electron chi connectivity index (χ0n) is 12.3. The van der Waals surface area contributed by atoms with E-state index in [1.165, 1.54) is 12.4 Å². The molecule has 0 fully saturated rings. The number of rotatable bonds is 3. The number of hydrogen-bond donors (Lipinski definition) is 1. The van der Waals surface area contributed by atoms with Crippen molar-refractivity contribution in [2.75, 3.05) is 5.32 Å². The minimum absolute atomic E-state index is 0.405. The van der Waals surface area contributed by atoms with E-state index in [9.17, 15) is 8.78 Å². The molecule has 0 amide bonds. The normalized spacial score (nSPS) is 10.9. The molecule has 4 aromatic rings. The Balaban J connectivity index is 1.79. The molecule has 24 heavy (non-hydrogen) atoms. The van der Waals surface area contributed by atoms with E-state index in [-0.39, 0.29) is 0 Å². The molecule has 2 heterocycles. The summed E-state index contributed by atoms with van der Waals surface area (Å²) in [6, 6.07) is 9.29. The van der Waals surface area contributed by atoms with Gasteiger partial charge in [0.25, 0.3) is 0 Å². The van der Waals surface area contributed by atoms with Crippen LogP contribution in [0.2, 0.25) is 0 Å². The van der Waals surface area contributed by atoms with Gasteiger partial charge in [-0.15, -0.1) is 0 Å². The highest BCUT2D eigenvalue weighted by molar-refractivity contribution is 5.92. The van der Waals surface area contributed by atoms with Crippen molar-refractivity contribution in [1.29, 1.82) is 0 Å². The van der Waals surface area contributed by atoms with E-state index in [0.717, 1.165) is 28.7 Å². The summed E-state index contributed by atoms with van der Waals surface area (Å²) in [5, 5.41) is 3.76. The quantitative estimate of drug-likeness (QED) is 0.622. The number of fused-ring (bicyclic) bond motifs is 1. The summed E-state index contributed by atoms with van der Waals surface area (Å²) in [5.74, 6) is -1.30. The Bertz CT molecular complexity index is 1010. The van der Waals surface area contributed by atoms with Crippen LogP contribution in [0.25, 0.3) is 16.6 Å². The van der Waals surface area contributed by atoms with Crippen LogP contribution in [0.4, 0.5) is 20.3 Å². The topological polar surface area (TPSA) is 55.6 Å². The van der Waals surface area contributed by atoms with E-state index in [0.29, 0.717) is 11.5 Å². The number of hydrogen-bond acceptors (Lipinski definition) is 4. The van der Waals surface area contributed by atoms with Gasteiger partial charge < -0.3 is 9.88 Å². The molecule has 0 unspecified atom stereocenters. The second-order valence-corrected chi connectivity index (χ2v) is 5.15. The highest BCUT2D eigenvalue weighted by atomic mass is 19.2. The van der Waals surface area contributed by atoms with Gasteiger partial charge in [0.1, 0.15) is 12.1 Å². The first-order valence-electron chi connectivity index (χ1n) is 7.16. The summed E-state index contributed by atoms with van der Waals surface area (Å²) >= 11 is 0. The molecule has 7 heteroatoms. The van der Waals surface area contributed by atoms with Crippen LogP contribution in [0.3, 0.4) is 0 Å². The van der Waals surface area contributed by atoms with Crippen molar-refractivity contribution in [1.82, 2.24) is 19.5 Å². The van der Waals surface area contributed by atoms with E-state index in [2.05, 4.69) is 20.3 Å². The third-order valence-electron chi connectivity index (χ3n) is 3.60. The highest BCUT2D eigenvalue weighted by Gasteiger charge is 2.08. The SMILES string of the molecule is Fc1ccc(Nc2ncnc3ccc(-n4ccnc4)cc23)cc1F. The number of anilines is 2. The smallest absolute Gasteiger partial charge is 0.160 e. The Kier molecular flexibility index (Phi) is 3.38. The lowest BCUT2D eigenvalue weighted by molar-refractivity contribution is 0.509. The van der Waals surface area contributed by atoms with E-state index in [4.69, 9.17) is 0 Å². The van der Waals surface area contributed by atoms with Crippen molar-refractivity contribution in [3.05, 3.63) is 73.1 Å². The molecule has 5 nitrogen and oxygen atoms in total. The van der Waals surface area contributed by atoms with E-state index in [1.807, 2.05) is 29.0 Å². The molecule has 0 aliphatic rings. The van der Waals surface area contributed by atoms with Crippen molar-refractivity contribution in [3.8, 4) is 5.69 Å². The van der Waals surface area contributed by atoms with Gasteiger partial charge >= 0.3 is 0 Å². The van der Waals surface area contributed by atoms with Gasteiger partial charge in [-0.3, -0.25) is 0 Å². The summed E-state index contributed by atoms with van der Waals surface area (Å²) in [5.41, 5.74) is 2.03. The monoisotopic (exact) mass is 323 g/mol. The molecule has 4 rings (SSSR count). The number of nitrogens with zero attached hydrogens (tertiary/aromatic N) is 4. The number of imidazole rings is 1. The van der Waals surface area contributed by atoms with Crippen LogP contribution in [-0.2, 0) is 0 Å². The van der Waals surface area contributed by atoms with Gasteiger partial charge in [-0.25, -0.2) is 23.7 Å². The lowest BCUT2D eigenvalue weighted by Crippen LogP contribution is -1.98. The van der Waals surface area contributed by atoms with Crippen molar-refractivity contribution in [2.24, 2.45) is 0 Å². The van der Waals surface area contributed by atoms with E-state index in [1.54, 1.807) is 12.5 Å². The van der Waals surface area contributed by atoms with E-state index >= 15 is 0 Å². The maximum Gasteiger partial charge on any atom is 0.160 e. The van der Waals surface area contributed by atoms with Crippen LogP contribution >= 0.6 is 0 Å². The third kappa shape index (κ3) is 2.56. The van der Waals surface area contributed by atoms with Gasteiger partial charge in [-0.05, 0) is 30.3 Å². The van der Waals surface area contributed by atoms with Gasteiger partial charge in [0.2, 0.25) is 0 Å². The van der Waals surface area contributed by atoms with Crippen LogP contribution in [0.5, 0.6) is 0 Å². The van der Waals surface area contributed by atoms with Gasteiger partial charge in [-0.1, -0.05) is 0 Å².